The van der Waals surface area contributed by atoms with E-state index in [0.717, 1.165) is 10.0 Å². The molecular weight excluding hydrogens is 262 g/mol. The lowest BCUT2D eigenvalue weighted by molar-refractivity contribution is 0.177. The van der Waals surface area contributed by atoms with Gasteiger partial charge in [-0.15, -0.1) is 0 Å². The molecular formula is C10H12BrNO3. The summed E-state index contributed by atoms with van der Waals surface area (Å²) in [6.45, 7) is -0.215. The largest absolute Gasteiger partial charge is 0.465 e. The van der Waals surface area contributed by atoms with Gasteiger partial charge in [-0.2, -0.15) is 0 Å². The fourth-order valence-electron chi connectivity index (χ4n) is 1.27. The van der Waals surface area contributed by atoms with Crippen molar-refractivity contribution in [2.45, 2.75) is 12.5 Å². The van der Waals surface area contributed by atoms with Gasteiger partial charge in [-0.1, -0.05) is 34.1 Å². The highest BCUT2D eigenvalue weighted by atomic mass is 79.9. The average Bonchev–Trinajstić information content (AvgIpc) is 2.19. The first-order chi connectivity index (χ1) is 7.13. The van der Waals surface area contributed by atoms with Crippen LogP contribution in [0.4, 0.5) is 4.79 Å². The van der Waals surface area contributed by atoms with E-state index in [1.165, 1.54) is 0 Å². The molecule has 1 rings (SSSR count). The number of carboxylic acid groups (broad SMARTS) is 1. The van der Waals surface area contributed by atoms with Gasteiger partial charge in [0.2, 0.25) is 0 Å². The fraction of sp³-hybridized carbons (Fsp3) is 0.300. The molecule has 0 aliphatic carbocycles. The molecule has 1 amide bonds. The van der Waals surface area contributed by atoms with Crippen LogP contribution in [0.1, 0.15) is 5.56 Å². The molecule has 0 heterocycles. The van der Waals surface area contributed by atoms with E-state index in [1.54, 1.807) is 0 Å². The van der Waals surface area contributed by atoms with Gasteiger partial charge < -0.3 is 15.5 Å². The van der Waals surface area contributed by atoms with Gasteiger partial charge in [0.15, 0.2) is 0 Å². The molecule has 0 saturated carbocycles. The Morgan fingerprint density at radius 3 is 2.67 bits per heavy atom. The second-order valence-corrected chi connectivity index (χ2v) is 3.98. The van der Waals surface area contributed by atoms with Crippen LogP contribution in [0.5, 0.6) is 0 Å². The van der Waals surface area contributed by atoms with Crippen molar-refractivity contribution >= 4 is 22.0 Å². The summed E-state index contributed by atoms with van der Waals surface area (Å²) in [4.78, 5) is 10.4. The average molecular weight is 274 g/mol. The van der Waals surface area contributed by atoms with Gasteiger partial charge in [-0.3, -0.25) is 0 Å². The smallest absolute Gasteiger partial charge is 0.404 e. The highest BCUT2D eigenvalue weighted by molar-refractivity contribution is 9.10. The van der Waals surface area contributed by atoms with Crippen LogP contribution in [0, 0.1) is 0 Å². The zero-order chi connectivity index (χ0) is 11.3. The van der Waals surface area contributed by atoms with Crippen molar-refractivity contribution in [3.05, 3.63) is 34.3 Å². The molecule has 1 aromatic rings. The van der Waals surface area contributed by atoms with Crippen molar-refractivity contribution in [1.82, 2.24) is 5.32 Å². The number of carbonyl (C=O) groups is 1. The van der Waals surface area contributed by atoms with Crippen molar-refractivity contribution in [2.75, 3.05) is 6.61 Å². The van der Waals surface area contributed by atoms with Crippen molar-refractivity contribution in [1.29, 1.82) is 0 Å². The van der Waals surface area contributed by atoms with Crippen LogP contribution >= 0.6 is 15.9 Å². The Kier molecular flexibility index (Phi) is 4.58. The second kappa shape index (κ2) is 5.72. The Bertz CT molecular complexity index is 343. The lowest BCUT2D eigenvalue weighted by Crippen LogP contribution is -2.38. The molecule has 82 valence electrons. The lowest BCUT2D eigenvalue weighted by atomic mass is 10.1. The third-order valence-corrected chi connectivity index (χ3v) is 2.75. The normalized spacial score (nSPS) is 12.1. The maximum absolute atomic E-state index is 10.4. The number of hydrogen-bond donors (Lipinski definition) is 3. The van der Waals surface area contributed by atoms with E-state index in [4.69, 9.17) is 10.2 Å². The summed E-state index contributed by atoms with van der Waals surface area (Å²) in [5.74, 6) is 0. The summed E-state index contributed by atoms with van der Waals surface area (Å²) in [5.41, 5.74) is 0.963. The molecule has 0 spiro atoms. The van der Waals surface area contributed by atoms with Gasteiger partial charge in [-0.25, -0.2) is 4.79 Å². The SMILES string of the molecule is O=C(O)N[C@@H](CO)Cc1ccccc1Br. The quantitative estimate of drug-likeness (QED) is 0.781. The number of hydrogen-bond acceptors (Lipinski definition) is 2. The number of halogens is 1. The van der Waals surface area contributed by atoms with Crippen LogP contribution < -0.4 is 5.32 Å². The first-order valence-corrected chi connectivity index (χ1v) is 5.26. The lowest BCUT2D eigenvalue weighted by Gasteiger charge is -2.14. The minimum Gasteiger partial charge on any atom is -0.465 e. The van der Waals surface area contributed by atoms with Gasteiger partial charge in [-0.05, 0) is 18.1 Å². The molecule has 1 atom stereocenters. The van der Waals surface area contributed by atoms with Crippen LogP contribution in [-0.2, 0) is 6.42 Å². The van der Waals surface area contributed by atoms with E-state index in [2.05, 4.69) is 21.2 Å². The van der Waals surface area contributed by atoms with E-state index in [9.17, 15) is 4.79 Å². The van der Waals surface area contributed by atoms with Crippen molar-refractivity contribution in [3.8, 4) is 0 Å². The molecule has 0 aliphatic rings. The number of amides is 1. The Hall–Kier alpha value is -1.07. The molecule has 1 aromatic carbocycles. The molecule has 0 saturated heterocycles. The first-order valence-electron chi connectivity index (χ1n) is 4.47. The van der Waals surface area contributed by atoms with E-state index >= 15 is 0 Å². The first kappa shape index (κ1) is 12.0. The van der Waals surface area contributed by atoms with E-state index < -0.39 is 12.1 Å². The van der Waals surface area contributed by atoms with E-state index in [-0.39, 0.29) is 6.61 Å². The van der Waals surface area contributed by atoms with Crippen LogP contribution in [0.25, 0.3) is 0 Å². The van der Waals surface area contributed by atoms with Gasteiger partial charge >= 0.3 is 6.09 Å². The molecule has 0 aliphatic heterocycles. The molecule has 4 nitrogen and oxygen atoms in total. The topological polar surface area (TPSA) is 69.6 Å². The maximum Gasteiger partial charge on any atom is 0.404 e. The molecule has 15 heavy (non-hydrogen) atoms. The molecule has 0 unspecified atom stereocenters. The minimum absolute atomic E-state index is 0.215. The Balaban J connectivity index is 2.66. The Morgan fingerprint density at radius 2 is 2.13 bits per heavy atom. The number of rotatable bonds is 4. The van der Waals surface area contributed by atoms with E-state index in [0.29, 0.717) is 6.42 Å². The van der Waals surface area contributed by atoms with E-state index in [1.807, 2.05) is 24.3 Å². The summed E-state index contributed by atoms with van der Waals surface area (Å²) in [6, 6.07) is 7.05. The Labute approximate surface area is 96.1 Å². The van der Waals surface area contributed by atoms with Crippen molar-refractivity contribution in [2.24, 2.45) is 0 Å². The zero-order valence-corrected chi connectivity index (χ0v) is 9.57. The molecule has 0 bridgehead atoms. The molecule has 0 fully saturated rings. The van der Waals surface area contributed by atoms with Crippen LogP contribution in [0.15, 0.2) is 28.7 Å². The molecule has 0 aromatic heterocycles. The summed E-state index contributed by atoms with van der Waals surface area (Å²) in [7, 11) is 0. The maximum atomic E-state index is 10.4. The van der Waals surface area contributed by atoms with Crippen LogP contribution in [-0.4, -0.2) is 29.0 Å². The monoisotopic (exact) mass is 273 g/mol. The van der Waals surface area contributed by atoms with Crippen LogP contribution in [0.3, 0.4) is 0 Å². The number of nitrogens with one attached hydrogen (secondary N) is 1. The standard InChI is InChI=1S/C10H12BrNO3/c11-9-4-2-1-3-7(9)5-8(6-13)12-10(14)15/h1-4,8,12-13H,5-6H2,(H,14,15)/t8-/m1/s1. The summed E-state index contributed by atoms with van der Waals surface area (Å²) in [6.07, 6.45) is -0.661. The number of benzene rings is 1. The molecule has 5 heteroatoms. The molecule has 3 N–H and O–H groups in total. The van der Waals surface area contributed by atoms with Crippen molar-refractivity contribution in [3.63, 3.8) is 0 Å². The van der Waals surface area contributed by atoms with Gasteiger partial charge in [0, 0.05) is 4.47 Å². The predicted molar refractivity (Wildman–Crippen MR) is 59.9 cm³/mol. The summed E-state index contributed by atoms with van der Waals surface area (Å²) in [5, 5.41) is 19.8. The van der Waals surface area contributed by atoms with Gasteiger partial charge in [0.1, 0.15) is 0 Å². The molecule has 0 radical (unpaired) electrons. The zero-order valence-electron chi connectivity index (χ0n) is 7.98. The van der Waals surface area contributed by atoms with Crippen LogP contribution in [0.2, 0.25) is 0 Å². The second-order valence-electron chi connectivity index (χ2n) is 3.12. The van der Waals surface area contributed by atoms with Gasteiger partial charge in [0.25, 0.3) is 0 Å². The highest BCUT2D eigenvalue weighted by Gasteiger charge is 2.12. The third kappa shape index (κ3) is 3.89. The highest BCUT2D eigenvalue weighted by Crippen LogP contribution is 2.17. The number of aliphatic hydroxyl groups is 1. The number of aliphatic hydroxyl groups excluding tert-OH is 1. The fourth-order valence-corrected chi connectivity index (χ4v) is 1.71. The Morgan fingerprint density at radius 1 is 1.47 bits per heavy atom. The van der Waals surface area contributed by atoms with Gasteiger partial charge in [0.05, 0.1) is 12.6 Å². The predicted octanol–water partition coefficient (Wildman–Crippen LogP) is 1.62. The summed E-state index contributed by atoms with van der Waals surface area (Å²) >= 11 is 3.36. The van der Waals surface area contributed by atoms with Crippen molar-refractivity contribution < 1.29 is 15.0 Å². The third-order valence-electron chi connectivity index (χ3n) is 1.97. The minimum atomic E-state index is -1.12. The summed E-state index contributed by atoms with van der Waals surface area (Å²) < 4.78 is 0.913.